The average molecular weight is 282 g/mol. The first-order valence-corrected chi connectivity index (χ1v) is 7.31. The molecular formula is C16H27FN2O. The monoisotopic (exact) mass is 282 g/mol. The number of hydrogen-bond donors (Lipinski definition) is 2. The van der Waals surface area contributed by atoms with E-state index in [1.807, 2.05) is 0 Å². The van der Waals surface area contributed by atoms with E-state index >= 15 is 0 Å². The highest BCUT2D eigenvalue weighted by Gasteiger charge is 2.13. The van der Waals surface area contributed by atoms with E-state index in [1.54, 1.807) is 12.1 Å². The van der Waals surface area contributed by atoms with E-state index < -0.39 is 6.10 Å². The second-order valence-electron chi connectivity index (χ2n) is 5.70. The Bertz CT molecular complexity index is 371. The summed E-state index contributed by atoms with van der Waals surface area (Å²) >= 11 is 0. The highest BCUT2D eigenvalue weighted by atomic mass is 19.1. The summed E-state index contributed by atoms with van der Waals surface area (Å²) < 4.78 is 12.8. The smallest absolute Gasteiger partial charge is 0.123 e. The number of halogens is 1. The Morgan fingerprint density at radius 2 is 1.65 bits per heavy atom. The first-order valence-electron chi connectivity index (χ1n) is 7.31. The van der Waals surface area contributed by atoms with Gasteiger partial charge in [0.15, 0.2) is 0 Å². The highest BCUT2D eigenvalue weighted by molar-refractivity contribution is 5.18. The number of nitrogens with one attached hydrogen (secondary N) is 1. The van der Waals surface area contributed by atoms with Gasteiger partial charge < -0.3 is 10.4 Å². The third-order valence-electron chi connectivity index (χ3n) is 3.47. The molecule has 1 unspecified atom stereocenters. The minimum atomic E-state index is -0.595. The lowest BCUT2D eigenvalue weighted by atomic mass is 10.1. The standard InChI is InChI=1S/C16H27FN2O/c1-12(2)19(13(3)4)10-9-18-11-16(20)14-5-7-15(17)8-6-14/h5-8,12-13,16,18,20H,9-11H2,1-4H3. The van der Waals surface area contributed by atoms with E-state index in [4.69, 9.17) is 0 Å². The van der Waals surface area contributed by atoms with Crippen LogP contribution in [0.15, 0.2) is 24.3 Å². The second kappa shape index (κ2) is 8.35. The molecule has 0 fully saturated rings. The molecule has 0 heterocycles. The maximum atomic E-state index is 12.8. The Hall–Kier alpha value is -0.970. The molecular weight excluding hydrogens is 255 g/mol. The molecule has 0 amide bonds. The van der Waals surface area contributed by atoms with Crippen LogP contribution in [0.3, 0.4) is 0 Å². The van der Waals surface area contributed by atoms with Gasteiger partial charge in [0.25, 0.3) is 0 Å². The normalized spacial score (nSPS) is 13.4. The van der Waals surface area contributed by atoms with Crippen LogP contribution in [0.2, 0.25) is 0 Å². The zero-order valence-electron chi connectivity index (χ0n) is 12.9. The average Bonchev–Trinajstić information content (AvgIpc) is 2.38. The van der Waals surface area contributed by atoms with E-state index in [0.29, 0.717) is 18.6 Å². The summed E-state index contributed by atoms with van der Waals surface area (Å²) in [6.07, 6.45) is -0.595. The summed E-state index contributed by atoms with van der Waals surface area (Å²) in [6.45, 7) is 11.0. The molecule has 1 aromatic rings. The molecule has 0 aliphatic rings. The van der Waals surface area contributed by atoms with Crippen molar-refractivity contribution in [2.45, 2.75) is 45.9 Å². The van der Waals surface area contributed by atoms with Crippen LogP contribution in [-0.4, -0.2) is 41.7 Å². The summed E-state index contributed by atoms with van der Waals surface area (Å²) in [5.41, 5.74) is 0.739. The van der Waals surface area contributed by atoms with Gasteiger partial charge in [-0.25, -0.2) is 4.39 Å². The molecule has 0 aromatic heterocycles. The van der Waals surface area contributed by atoms with Crippen LogP contribution in [0.4, 0.5) is 4.39 Å². The molecule has 2 N–H and O–H groups in total. The predicted octanol–water partition coefficient (Wildman–Crippen LogP) is 2.57. The van der Waals surface area contributed by atoms with Crippen molar-refractivity contribution >= 4 is 0 Å². The molecule has 1 aromatic carbocycles. The van der Waals surface area contributed by atoms with Crippen molar-refractivity contribution in [1.29, 1.82) is 0 Å². The molecule has 4 heteroatoms. The molecule has 0 spiro atoms. The summed E-state index contributed by atoms with van der Waals surface area (Å²) in [5, 5.41) is 13.2. The summed E-state index contributed by atoms with van der Waals surface area (Å²) in [7, 11) is 0. The van der Waals surface area contributed by atoms with E-state index in [9.17, 15) is 9.50 Å². The molecule has 20 heavy (non-hydrogen) atoms. The zero-order chi connectivity index (χ0) is 15.1. The van der Waals surface area contributed by atoms with Crippen LogP contribution in [-0.2, 0) is 0 Å². The van der Waals surface area contributed by atoms with Gasteiger partial charge in [0.1, 0.15) is 5.82 Å². The molecule has 0 radical (unpaired) electrons. The topological polar surface area (TPSA) is 35.5 Å². The van der Waals surface area contributed by atoms with Gasteiger partial charge in [-0.05, 0) is 45.4 Å². The number of aliphatic hydroxyl groups is 1. The number of nitrogens with zero attached hydrogens (tertiary/aromatic N) is 1. The number of hydrogen-bond acceptors (Lipinski definition) is 3. The lowest BCUT2D eigenvalue weighted by Gasteiger charge is -2.30. The molecule has 0 aliphatic carbocycles. The Labute approximate surface area is 121 Å². The Morgan fingerprint density at radius 3 is 2.15 bits per heavy atom. The van der Waals surface area contributed by atoms with Crippen LogP contribution in [0.1, 0.15) is 39.4 Å². The minimum Gasteiger partial charge on any atom is -0.387 e. The van der Waals surface area contributed by atoms with Crippen LogP contribution in [0, 0.1) is 5.82 Å². The molecule has 3 nitrogen and oxygen atoms in total. The largest absolute Gasteiger partial charge is 0.387 e. The van der Waals surface area contributed by atoms with E-state index in [-0.39, 0.29) is 5.82 Å². The second-order valence-corrected chi connectivity index (χ2v) is 5.70. The molecule has 114 valence electrons. The summed E-state index contributed by atoms with van der Waals surface area (Å²) in [6, 6.07) is 7.01. The third kappa shape index (κ3) is 5.57. The fourth-order valence-corrected chi connectivity index (χ4v) is 2.36. The predicted molar refractivity (Wildman–Crippen MR) is 81.2 cm³/mol. The Morgan fingerprint density at radius 1 is 1.10 bits per heavy atom. The molecule has 0 saturated carbocycles. The van der Waals surface area contributed by atoms with E-state index in [2.05, 4.69) is 37.9 Å². The molecule has 0 aliphatic heterocycles. The molecule has 0 bridgehead atoms. The minimum absolute atomic E-state index is 0.279. The third-order valence-corrected chi connectivity index (χ3v) is 3.47. The first-order chi connectivity index (χ1) is 9.41. The van der Waals surface area contributed by atoms with Gasteiger partial charge in [0, 0.05) is 31.7 Å². The maximum absolute atomic E-state index is 12.8. The van der Waals surface area contributed by atoms with Gasteiger partial charge >= 0.3 is 0 Å². The quantitative estimate of drug-likeness (QED) is 0.719. The summed E-state index contributed by atoms with van der Waals surface area (Å²) in [5.74, 6) is -0.279. The van der Waals surface area contributed by atoms with Gasteiger partial charge in [-0.1, -0.05) is 12.1 Å². The van der Waals surface area contributed by atoms with Gasteiger partial charge in [0.05, 0.1) is 6.10 Å². The molecule has 0 saturated heterocycles. The molecule has 1 rings (SSSR count). The van der Waals surface area contributed by atoms with Crippen molar-refractivity contribution in [3.63, 3.8) is 0 Å². The highest BCUT2D eigenvalue weighted by Crippen LogP contribution is 2.12. The Balaban J connectivity index is 2.31. The van der Waals surface area contributed by atoms with Crippen molar-refractivity contribution in [1.82, 2.24) is 10.2 Å². The zero-order valence-corrected chi connectivity index (χ0v) is 12.9. The molecule has 1 atom stereocenters. The number of benzene rings is 1. The summed E-state index contributed by atoms with van der Waals surface area (Å²) in [4.78, 5) is 2.40. The van der Waals surface area contributed by atoms with Gasteiger partial charge in [0.2, 0.25) is 0 Å². The first kappa shape index (κ1) is 17.1. The van der Waals surface area contributed by atoms with Crippen LogP contribution in [0.5, 0.6) is 0 Å². The van der Waals surface area contributed by atoms with Crippen LogP contribution < -0.4 is 5.32 Å². The van der Waals surface area contributed by atoms with Crippen molar-refractivity contribution in [2.24, 2.45) is 0 Å². The lowest BCUT2D eigenvalue weighted by molar-refractivity contribution is 0.157. The fourth-order valence-electron chi connectivity index (χ4n) is 2.36. The van der Waals surface area contributed by atoms with Gasteiger partial charge in [-0.3, -0.25) is 4.90 Å². The van der Waals surface area contributed by atoms with Gasteiger partial charge in [-0.15, -0.1) is 0 Å². The van der Waals surface area contributed by atoms with E-state index in [0.717, 1.165) is 18.7 Å². The number of aliphatic hydroxyl groups excluding tert-OH is 1. The van der Waals surface area contributed by atoms with Crippen LogP contribution >= 0.6 is 0 Å². The fraction of sp³-hybridized carbons (Fsp3) is 0.625. The lowest BCUT2D eigenvalue weighted by Crippen LogP contribution is -2.42. The van der Waals surface area contributed by atoms with Crippen molar-refractivity contribution in [2.75, 3.05) is 19.6 Å². The van der Waals surface area contributed by atoms with Crippen molar-refractivity contribution in [3.05, 3.63) is 35.6 Å². The maximum Gasteiger partial charge on any atom is 0.123 e. The Kier molecular flexibility index (Phi) is 7.13. The van der Waals surface area contributed by atoms with E-state index in [1.165, 1.54) is 12.1 Å². The SMILES string of the molecule is CC(C)N(CCNCC(O)c1ccc(F)cc1)C(C)C. The number of rotatable bonds is 8. The van der Waals surface area contributed by atoms with Gasteiger partial charge in [-0.2, -0.15) is 0 Å². The van der Waals surface area contributed by atoms with Crippen molar-refractivity contribution < 1.29 is 9.50 Å². The van der Waals surface area contributed by atoms with Crippen molar-refractivity contribution in [3.8, 4) is 0 Å². The van der Waals surface area contributed by atoms with Crippen LogP contribution in [0.25, 0.3) is 0 Å².